The third kappa shape index (κ3) is 3.00. The molecule has 1 saturated carbocycles. The predicted octanol–water partition coefficient (Wildman–Crippen LogP) is 3.64. The van der Waals surface area contributed by atoms with Gasteiger partial charge in [0, 0.05) is 24.4 Å². The van der Waals surface area contributed by atoms with Crippen LogP contribution in [0.15, 0.2) is 48.8 Å². The molecular weight excluding hydrogens is 246 g/mol. The molecule has 0 saturated heterocycles. The van der Waals surface area contributed by atoms with E-state index in [0.29, 0.717) is 11.8 Å². The zero-order chi connectivity index (χ0) is 13.8. The second-order valence-electron chi connectivity index (χ2n) is 5.12. The second kappa shape index (κ2) is 5.79. The maximum atomic E-state index is 5.13. The van der Waals surface area contributed by atoms with E-state index in [-0.39, 0.29) is 0 Å². The molecule has 1 aliphatic rings. The van der Waals surface area contributed by atoms with E-state index in [2.05, 4.69) is 22.9 Å². The van der Waals surface area contributed by atoms with Crippen molar-refractivity contribution < 1.29 is 4.74 Å². The molecule has 20 heavy (non-hydrogen) atoms. The minimum absolute atomic E-state index is 0.661. The highest BCUT2D eigenvalue weighted by atomic mass is 16.5. The largest absolute Gasteiger partial charge is 0.497 e. The maximum Gasteiger partial charge on any atom is 0.118 e. The number of rotatable bonds is 3. The Morgan fingerprint density at radius 3 is 2.80 bits per heavy atom. The molecule has 1 aliphatic carbocycles. The average molecular weight is 263 g/mol. The number of methoxy groups -OCH3 is 1. The van der Waals surface area contributed by atoms with Gasteiger partial charge in [0.15, 0.2) is 0 Å². The lowest BCUT2D eigenvalue weighted by Crippen LogP contribution is -1.84. The summed E-state index contributed by atoms with van der Waals surface area (Å²) in [6, 6.07) is 12.1. The Balaban J connectivity index is 1.55. The Bertz CT molecular complexity index is 622. The summed E-state index contributed by atoms with van der Waals surface area (Å²) in [6.07, 6.45) is 6.00. The number of ether oxygens (including phenoxy) is 1. The number of hydrogen-bond acceptors (Lipinski definition) is 2. The van der Waals surface area contributed by atoms with Crippen molar-refractivity contribution in [2.24, 2.45) is 5.92 Å². The van der Waals surface area contributed by atoms with E-state index in [1.165, 1.54) is 12.0 Å². The van der Waals surface area contributed by atoms with Gasteiger partial charge in [-0.05, 0) is 54.2 Å². The fraction of sp³-hybridized carbons (Fsp3) is 0.278. The molecule has 1 fully saturated rings. The van der Waals surface area contributed by atoms with E-state index in [0.717, 1.165) is 17.7 Å². The van der Waals surface area contributed by atoms with Crippen LogP contribution < -0.4 is 4.74 Å². The average Bonchev–Trinajstić information content (AvgIpc) is 3.28. The van der Waals surface area contributed by atoms with Crippen LogP contribution in [0.3, 0.4) is 0 Å². The van der Waals surface area contributed by atoms with E-state index in [4.69, 9.17) is 4.74 Å². The fourth-order valence-electron chi connectivity index (χ4n) is 2.44. The Hall–Kier alpha value is -2.27. The van der Waals surface area contributed by atoms with Crippen LogP contribution in [-0.4, -0.2) is 12.1 Å². The van der Waals surface area contributed by atoms with Crippen LogP contribution in [0.4, 0.5) is 0 Å². The molecule has 0 aliphatic heterocycles. The van der Waals surface area contributed by atoms with Crippen LogP contribution in [-0.2, 0) is 0 Å². The number of pyridine rings is 1. The molecule has 2 atom stereocenters. The van der Waals surface area contributed by atoms with Gasteiger partial charge in [-0.2, -0.15) is 0 Å². The summed E-state index contributed by atoms with van der Waals surface area (Å²) in [6.45, 7) is 0. The molecule has 3 rings (SSSR count). The third-order valence-corrected chi connectivity index (χ3v) is 3.72. The van der Waals surface area contributed by atoms with Crippen LogP contribution in [0.2, 0.25) is 0 Å². The maximum absolute atomic E-state index is 5.13. The second-order valence-corrected chi connectivity index (χ2v) is 5.12. The van der Waals surface area contributed by atoms with Gasteiger partial charge in [0.1, 0.15) is 5.75 Å². The lowest BCUT2D eigenvalue weighted by Gasteiger charge is -1.97. The summed E-state index contributed by atoms with van der Waals surface area (Å²) in [5, 5.41) is 0. The highest BCUT2D eigenvalue weighted by Gasteiger charge is 2.37. The summed E-state index contributed by atoms with van der Waals surface area (Å²) < 4.78 is 5.13. The first-order chi connectivity index (χ1) is 9.86. The van der Waals surface area contributed by atoms with Crippen LogP contribution in [0.1, 0.15) is 29.9 Å². The van der Waals surface area contributed by atoms with Crippen molar-refractivity contribution >= 4 is 0 Å². The van der Waals surface area contributed by atoms with E-state index < -0.39 is 0 Å². The Labute approximate surface area is 119 Å². The molecule has 0 N–H and O–H groups in total. The monoisotopic (exact) mass is 263 g/mol. The number of aromatic nitrogens is 1. The van der Waals surface area contributed by atoms with Gasteiger partial charge >= 0.3 is 0 Å². The molecule has 2 nitrogen and oxygen atoms in total. The molecule has 0 radical (unpaired) electrons. The lowest BCUT2D eigenvalue weighted by molar-refractivity contribution is 0.415. The van der Waals surface area contributed by atoms with Gasteiger partial charge in [0.05, 0.1) is 7.11 Å². The van der Waals surface area contributed by atoms with Gasteiger partial charge in [-0.3, -0.25) is 4.98 Å². The van der Waals surface area contributed by atoms with Crippen molar-refractivity contribution in [1.29, 1.82) is 0 Å². The minimum atomic E-state index is 0.661. The molecule has 1 heterocycles. The van der Waals surface area contributed by atoms with Gasteiger partial charge in [-0.25, -0.2) is 0 Å². The minimum Gasteiger partial charge on any atom is -0.497 e. The van der Waals surface area contributed by atoms with Crippen molar-refractivity contribution in [3.05, 3.63) is 59.9 Å². The van der Waals surface area contributed by atoms with Gasteiger partial charge < -0.3 is 4.74 Å². The summed E-state index contributed by atoms with van der Waals surface area (Å²) in [5.41, 5.74) is 2.40. The summed E-state index contributed by atoms with van der Waals surface area (Å²) in [4.78, 5) is 4.18. The quantitative estimate of drug-likeness (QED) is 0.789. The molecule has 0 amide bonds. The van der Waals surface area contributed by atoms with E-state index in [1.54, 1.807) is 7.11 Å². The first-order valence-electron chi connectivity index (χ1n) is 6.89. The lowest BCUT2D eigenvalue weighted by atomic mass is 10.1. The van der Waals surface area contributed by atoms with Crippen molar-refractivity contribution in [3.8, 4) is 17.6 Å². The Kier molecular flexibility index (Phi) is 3.69. The topological polar surface area (TPSA) is 22.1 Å². The standard InChI is InChI=1S/C18H17NO/c1-20-17-9-7-14(8-10-17)4-2-5-15-12-18(15)16-6-3-11-19-13-16/h3,6-11,13,15,18H,5,12H2,1H3/t15-,18-/m1/s1. The van der Waals surface area contributed by atoms with Crippen molar-refractivity contribution in [2.45, 2.75) is 18.8 Å². The van der Waals surface area contributed by atoms with Gasteiger partial charge in [-0.1, -0.05) is 17.9 Å². The van der Waals surface area contributed by atoms with Gasteiger partial charge in [-0.15, -0.1) is 0 Å². The fourth-order valence-corrected chi connectivity index (χ4v) is 2.44. The zero-order valence-electron chi connectivity index (χ0n) is 11.5. The summed E-state index contributed by atoms with van der Waals surface area (Å²) in [5.74, 6) is 8.74. The number of hydrogen-bond donors (Lipinski definition) is 0. The molecule has 2 heteroatoms. The molecule has 2 aromatic rings. The van der Waals surface area contributed by atoms with E-state index in [9.17, 15) is 0 Å². The van der Waals surface area contributed by atoms with Crippen LogP contribution in [0.5, 0.6) is 5.75 Å². The first-order valence-corrected chi connectivity index (χ1v) is 6.89. The zero-order valence-corrected chi connectivity index (χ0v) is 11.5. The molecule has 0 unspecified atom stereocenters. The molecule has 1 aromatic heterocycles. The smallest absolute Gasteiger partial charge is 0.118 e. The SMILES string of the molecule is COc1ccc(C#CC[C@@H]2C[C@H]2c2cccnc2)cc1. The van der Waals surface area contributed by atoms with Crippen molar-refractivity contribution in [3.63, 3.8) is 0 Å². The summed E-state index contributed by atoms with van der Waals surface area (Å²) >= 11 is 0. The number of nitrogens with zero attached hydrogens (tertiary/aromatic N) is 1. The highest BCUT2D eigenvalue weighted by Crippen LogP contribution is 2.48. The number of benzene rings is 1. The van der Waals surface area contributed by atoms with Crippen LogP contribution in [0, 0.1) is 17.8 Å². The summed E-state index contributed by atoms with van der Waals surface area (Å²) in [7, 11) is 1.67. The Morgan fingerprint density at radius 2 is 2.10 bits per heavy atom. The highest BCUT2D eigenvalue weighted by molar-refractivity contribution is 5.38. The normalized spacial score (nSPS) is 19.9. The van der Waals surface area contributed by atoms with Crippen LogP contribution >= 0.6 is 0 Å². The Morgan fingerprint density at radius 1 is 1.25 bits per heavy atom. The van der Waals surface area contributed by atoms with Gasteiger partial charge in [0.2, 0.25) is 0 Å². The predicted molar refractivity (Wildman–Crippen MR) is 79.6 cm³/mol. The van der Waals surface area contributed by atoms with Crippen molar-refractivity contribution in [2.75, 3.05) is 7.11 Å². The molecule has 0 spiro atoms. The first kappa shape index (κ1) is 12.7. The van der Waals surface area contributed by atoms with Crippen molar-refractivity contribution in [1.82, 2.24) is 4.98 Å². The van der Waals surface area contributed by atoms with Crippen LogP contribution in [0.25, 0.3) is 0 Å². The van der Waals surface area contributed by atoms with E-state index >= 15 is 0 Å². The molecule has 100 valence electrons. The molecule has 0 bridgehead atoms. The molecular formula is C18H17NO. The van der Waals surface area contributed by atoms with E-state index in [1.807, 2.05) is 42.7 Å². The van der Waals surface area contributed by atoms with Gasteiger partial charge in [0.25, 0.3) is 0 Å². The third-order valence-electron chi connectivity index (χ3n) is 3.72. The molecule has 1 aromatic carbocycles.